The van der Waals surface area contributed by atoms with Gasteiger partial charge in [0.15, 0.2) is 0 Å². The van der Waals surface area contributed by atoms with Crippen LogP contribution in [0.5, 0.6) is 0 Å². The summed E-state index contributed by atoms with van der Waals surface area (Å²) in [7, 11) is 0. The molecule has 1 unspecified atom stereocenters. The van der Waals surface area contributed by atoms with Crippen molar-refractivity contribution in [3.05, 3.63) is 59.9 Å². The predicted molar refractivity (Wildman–Crippen MR) is 99.8 cm³/mol. The molecule has 1 heterocycles. The predicted octanol–water partition coefficient (Wildman–Crippen LogP) is 5.86. The first kappa shape index (κ1) is 17.2. The van der Waals surface area contributed by atoms with Gasteiger partial charge in [0.25, 0.3) is 0 Å². The lowest BCUT2D eigenvalue weighted by molar-refractivity contribution is 0.223. The lowest BCUT2D eigenvalue weighted by atomic mass is 9.94. The van der Waals surface area contributed by atoms with E-state index < -0.39 is 0 Å². The summed E-state index contributed by atoms with van der Waals surface area (Å²) in [5, 5.41) is 0. The molecule has 0 spiro atoms. The molecule has 0 aromatic heterocycles. The number of nitrogens with zero attached hydrogens (tertiary/aromatic N) is 1. The zero-order valence-electron chi connectivity index (χ0n) is 14.7. The fourth-order valence-corrected chi connectivity index (χ4v) is 3.62. The number of hydrogen-bond acceptors (Lipinski definition) is 1. The highest BCUT2D eigenvalue weighted by Gasteiger charge is 2.11. The van der Waals surface area contributed by atoms with Crippen LogP contribution in [0.4, 0.5) is 4.39 Å². The second-order valence-electron chi connectivity index (χ2n) is 7.07. The van der Waals surface area contributed by atoms with Gasteiger partial charge in [0.05, 0.1) is 0 Å². The summed E-state index contributed by atoms with van der Waals surface area (Å²) < 4.78 is 13.0. The van der Waals surface area contributed by atoms with Crippen molar-refractivity contribution < 1.29 is 4.39 Å². The van der Waals surface area contributed by atoms with Gasteiger partial charge in [-0.3, -0.25) is 0 Å². The van der Waals surface area contributed by atoms with Crippen LogP contribution in [-0.2, 0) is 0 Å². The topological polar surface area (TPSA) is 3.24 Å². The summed E-state index contributed by atoms with van der Waals surface area (Å²) >= 11 is 0. The number of halogens is 1. The maximum atomic E-state index is 13.0. The minimum Gasteiger partial charge on any atom is -0.303 e. The van der Waals surface area contributed by atoms with Crippen molar-refractivity contribution in [2.45, 2.75) is 44.9 Å². The molecule has 0 radical (unpaired) electrons. The minimum atomic E-state index is -0.183. The van der Waals surface area contributed by atoms with Crippen LogP contribution in [0.1, 0.15) is 50.5 Å². The Hall–Kier alpha value is -1.67. The second kappa shape index (κ2) is 8.43. The number of rotatable bonds is 6. The Balaban J connectivity index is 1.51. The van der Waals surface area contributed by atoms with Crippen LogP contribution >= 0.6 is 0 Å². The summed E-state index contributed by atoms with van der Waals surface area (Å²) in [6.45, 7) is 6.16. The lowest BCUT2D eigenvalue weighted by Gasteiger charge is -2.26. The summed E-state index contributed by atoms with van der Waals surface area (Å²) in [4.78, 5) is 2.62. The van der Waals surface area contributed by atoms with Gasteiger partial charge in [0.1, 0.15) is 5.82 Å². The van der Waals surface area contributed by atoms with Crippen LogP contribution in [0.25, 0.3) is 11.1 Å². The molecule has 0 amide bonds. The van der Waals surface area contributed by atoms with Crippen molar-refractivity contribution in [1.29, 1.82) is 0 Å². The average Bonchev–Trinajstić information content (AvgIpc) is 2.63. The van der Waals surface area contributed by atoms with Gasteiger partial charge in [-0.15, -0.1) is 0 Å². The lowest BCUT2D eigenvalue weighted by Crippen LogP contribution is -2.30. The van der Waals surface area contributed by atoms with E-state index >= 15 is 0 Å². The molecule has 1 saturated heterocycles. The summed E-state index contributed by atoms with van der Waals surface area (Å²) in [5.41, 5.74) is 3.62. The normalized spacial score (nSPS) is 16.9. The molecule has 24 heavy (non-hydrogen) atoms. The van der Waals surface area contributed by atoms with E-state index in [9.17, 15) is 4.39 Å². The molecule has 1 nitrogen and oxygen atoms in total. The first-order valence-corrected chi connectivity index (χ1v) is 9.30. The molecule has 3 rings (SSSR count). The Labute approximate surface area is 145 Å². The Bertz CT molecular complexity index is 611. The third-order valence-corrected chi connectivity index (χ3v) is 5.22. The molecule has 2 heteroatoms. The van der Waals surface area contributed by atoms with Crippen LogP contribution in [0.15, 0.2) is 48.5 Å². The molecule has 2 aromatic carbocycles. The van der Waals surface area contributed by atoms with E-state index in [2.05, 4.69) is 36.1 Å². The van der Waals surface area contributed by atoms with Gasteiger partial charge in [0, 0.05) is 0 Å². The van der Waals surface area contributed by atoms with E-state index in [-0.39, 0.29) is 5.82 Å². The fourth-order valence-electron chi connectivity index (χ4n) is 3.62. The van der Waals surface area contributed by atoms with Crippen molar-refractivity contribution in [2.24, 2.45) is 0 Å². The summed E-state index contributed by atoms with van der Waals surface area (Å²) in [6.07, 6.45) is 6.68. The van der Waals surface area contributed by atoms with Crippen molar-refractivity contribution in [3.8, 4) is 11.1 Å². The Morgan fingerprint density at radius 2 is 1.46 bits per heavy atom. The number of likely N-dealkylation sites (tertiary alicyclic amines) is 1. The third-order valence-electron chi connectivity index (χ3n) is 5.22. The smallest absolute Gasteiger partial charge is 0.123 e. The molecule has 128 valence electrons. The van der Waals surface area contributed by atoms with Crippen LogP contribution in [0.3, 0.4) is 0 Å². The highest BCUT2D eigenvalue weighted by molar-refractivity contribution is 5.63. The monoisotopic (exact) mass is 325 g/mol. The quantitative estimate of drug-likeness (QED) is 0.642. The first-order valence-electron chi connectivity index (χ1n) is 9.30. The maximum Gasteiger partial charge on any atom is 0.123 e. The largest absolute Gasteiger partial charge is 0.303 e. The van der Waals surface area contributed by atoms with Crippen molar-refractivity contribution in [2.75, 3.05) is 19.6 Å². The van der Waals surface area contributed by atoms with Crippen molar-refractivity contribution >= 4 is 0 Å². The number of piperidine rings is 1. The Morgan fingerprint density at radius 3 is 2.08 bits per heavy atom. The molecule has 1 aliphatic rings. The third kappa shape index (κ3) is 4.67. The zero-order valence-corrected chi connectivity index (χ0v) is 14.7. The van der Waals surface area contributed by atoms with E-state index in [1.807, 2.05) is 12.1 Å². The van der Waals surface area contributed by atoms with Gasteiger partial charge in [-0.1, -0.05) is 49.7 Å². The molecule has 0 N–H and O–H groups in total. The highest BCUT2D eigenvalue weighted by atomic mass is 19.1. The van der Waals surface area contributed by atoms with Gasteiger partial charge in [-0.2, -0.15) is 0 Å². The molecular weight excluding hydrogens is 297 g/mol. The summed E-state index contributed by atoms with van der Waals surface area (Å²) in [6, 6.07) is 15.5. The van der Waals surface area contributed by atoms with E-state index in [0.717, 1.165) is 11.1 Å². The molecule has 1 aliphatic heterocycles. The molecule has 1 atom stereocenters. The van der Waals surface area contributed by atoms with Gasteiger partial charge in [0.2, 0.25) is 0 Å². The van der Waals surface area contributed by atoms with Crippen LogP contribution < -0.4 is 0 Å². The number of benzene rings is 2. The Kier molecular flexibility index (Phi) is 6.03. The molecule has 0 aliphatic carbocycles. The van der Waals surface area contributed by atoms with Crippen molar-refractivity contribution in [3.63, 3.8) is 0 Å². The van der Waals surface area contributed by atoms with Gasteiger partial charge in [-0.05, 0) is 80.1 Å². The number of hydrogen-bond donors (Lipinski definition) is 0. The van der Waals surface area contributed by atoms with E-state index in [1.54, 1.807) is 0 Å². The van der Waals surface area contributed by atoms with E-state index in [4.69, 9.17) is 0 Å². The minimum absolute atomic E-state index is 0.183. The summed E-state index contributed by atoms with van der Waals surface area (Å²) in [5.74, 6) is 0.412. The molecular formula is C22H28FN. The average molecular weight is 325 g/mol. The molecule has 2 aromatic rings. The molecule has 0 bridgehead atoms. The standard InChI is InChI=1S/C22H28FN/c1-18(6-5-17-24-15-3-2-4-16-24)19-7-9-20(10-8-19)21-11-13-22(23)14-12-21/h7-14,18H,2-6,15-17H2,1H3. The van der Waals surface area contributed by atoms with Crippen LogP contribution in [0, 0.1) is 5.82 Å². The van der Waals surface area contributed by atoms with Crippen LogP contribution in [0.2, 0.25) is 0 Å². The van der Waals surface area contributed by atoms with Gasteiger partial charge in [-0.25, -0.2) is 4.39 Å². The van der Waals surface area contributed by atoms with Gasteiger partial charge < -0.3 is 4.90 Å². The van der Waals surface area contributed by atoms with E-state index in [1.165, 1.54) is 69.4 Å². The first-order chi connectivity index (χ1) is 11.7. The fraction of sp³-hybridized carbons (Fsp3) is 0.455. The maximum absolute atomic E-state index is 13.0. The SMILES string of the molecule is CC(CCCN1CCCCC1)c1ccc(-c2ccc(F)cc2)cc1. The van der Waals surface area contributed by atoms with Crippen molar-refractivity contribution in [1.82, 2.24) is 4.90 Å². The van der Waals surface area contributed by atoms with Gasteiger partial charge >= 0.3 is 0 Å². The highest BCUT2D eigenvalue weighted by Crippen LogP contribution is 2.25. The van der Waals surface area contributed by atoms with Crippen LogP contribution in [-0.4, -0.2) is 24.5 Å². The second-order valence-corrected chi connectivity index (χ2v) is 7.07. The molecule has 0 saturated carbocycles. The Morgan fingerprint density at radius 1 is 0.875 bits per heavy atom. The zero-order chi connectivity index (χ0) is 16.8. The molecule has 1 fully saturated rings. The van der Waals surface area contributed by atoms with E-state index in [0.29, 0.717) is 5.92 Å².